The van der Waals surface area contributed by atoms with Crippen molar-refractivity contribution in [2.24, 2.45) is 0 Å². The standard InChI is InChI=1S/C21H25N7O/c1-13-9-16(10-14(2)24-13)19(29)26-21-6-4-5-17(21)27(8-7-21)18-11-15(3)25-20-22-12-23-28(18)20/h9-12,17H,4-8H2,1-3H3,(H,26,29). The lowest BCUT2D eigenvalue weighted by atomic mass is 9.92. The number of nitrogens with one attached hydrogen (secondary N) is 1. The lowest BCUT2D eigenvalue weighted by molar-refractivity contribution is 0.0899. The third kappa shape index (κ3) is 2.94. The summed E-state index contributed by atoms with van der Waals surface area (Å²) in [4.78, 5) is 28.6. The molecule has 1 N–H and O–H groups in total. The Morgan fingerprint density at radius 3 is 2.66 bits per heavy atom. The van der Waals surface area contributed by atoms with Gasteiger partial charge in [0, 0.05) is 35.3 Å². The Balaban J connectivity index is 1.47. The number of pyridine rings is 1. The van der Waals surface area contributed by atoms with Crippen LogP contribution in [0, 0.1) is 20.8 Å². The normalized spacial score (nSPS) is 23.6. The van der Waals surface area contributed by atoms with Crippen molar-refractivity contribution in [1.29, 1.82) is 0 Å². The smallest absolute Gasteiger partial charge is 0.254 e. The number of aryl methyl sites for hydroxylation is 3. The highest BCUT2D eigenvalue weighted by atomic mass is 16.1. The number of hydrogen-bond acceptors (Lipinski definition) is 6. The molecule has 2 unspecified atom stereocenters. The molecule has 8 heteroatoms. The molecule has 8 nitrogen and oxygen atoms in total. The average molecular weight is 391 g/mol. The van der Waals surface area contributed by atoms with E-state index in [0.717, 1.165) is 55.1 Å². The zero-order valence-electron chi connectivity index (χ0n) is 17.0. The Bertz CT molecular complexity index is 1090. The minimum absolute atomic E-state index is 0.0100. The van der Waals surface area contributed by atoms with Gasteiger partial charge in [-0.2, -0.15) is 14.6 Å². The first-order valence-electron chi connectivity index (χ1n) is 10.2. The molecule has 1 saturated heterocycles. The summed E-state index contributed by atoms with van der Waals surface area (Å²) in [6.07, 6.45) is 5.60. The van der Waals surface area contributed by atoms with Crippen LogP contribution in [-0.4, -0.2) is 48.6 Å². The van der Waals surface area contributed by atoms with Crippen molar-refractivity contribution in [1.82, 2.24) is 29.9 Å². The zero-order chi connectivity index (χ0) is 20.2. The maximum Gasteiger partial charge on any atom is 0.254 e. The second kappa shape index (κ2) is 6.50. The number of nitrogens with zero attached hydrogens (tertiary/aromatic N) is 6. The van der Waals surface area contributed by atoms with E-state index in [1.54, 1.807) is 10.8 Å². The van der Waals surface area contributed by atoms with E-state index >= 15 is 0 Å². The van der Waals surface area contributed by atoms with E-state index in [4.69, 9.17) is 0 Å². The molecule has 1 amide bonds. The van der Waals surface area contributed by atoms with Crippen LogP contribution in [0.25, 0.3) is 5.78 Å². The molecule has 1 saturated carbocycles. The number of aromatic nitrogens is 5. The Hall–Kier alpha value is -3.03. The lowest BCUT2D eigenvalue weighted by Gasteiger charge is -2.34. The van der Waals surface area contributed by atoms with Crippen molar-refractivity contribution >= 4 is 17.5 Å². The van der Waals surface area contributed by atoms with Gasteiger partial charge >= 0.3 is 0 Å². The molecule has 0 aromatic carbocycles. The van der Waals surface area contributed by atoms with Gasteiger partial charge < -0.3 is 10.2 Å². The molecule has 3 aromatic rings. The quantitative estimate of drug-likeness (QED) is 0.737. The van der Waals surface area contributed by atoms with Crippen LogP contribution in [0.5, 0.6) is 0 Å². The van der Waals surface area contributed by atoms with Crippen molar-refractivity contribution in [2.45, 2.75) is 58.0 Å². The number of rotatable bonds is 3. The van der Waals surface area contributed by atoms with Gasteiger partial charge in [-0.1, -0.05) is 0 Å². The Kier molecular flexibility index (Phi) is 4.04. The van der Waals surface area contributed by atoms with Crippen LogP contribution >= 0.6 is 0 Å². The Morgan fingerprint density at radius 2 is 1.86 bits per heavy atom. The lowest BCUT2D eigenvalue weighted by Crippen LogP contribution is -2.53. The molecular formula is C21H25N7O. The molecule has 5 rings (SSSR count). The Morgan fingerprint density at radius 1 is 1.10 bits per heavy atom. The molecular weight excluding hydrogens is 366 g/mol. The van der Waals surface area contributed by atoms with E-state index in [2.05, 4.69) is 36.3 Å². The highest BCUT2D eigenvalue weighted by Gasteiger charge is 2.52. The highest BCUT2D eigenvalue weighted by molar-refractivity contribution is 5.95. The summed E-state index contributed by atoms with van der Waals surface area (Å²) in [7, 11) is 0. The second-order valence-electron chi connectivity index (χ2n) is 8.33. The Labute approximate surface area is 169 Å². The van der Waals surface area contributed by atoms with Crippen LogP contribution in [0.1, 0.15) is 53.1 Å². The van der Waals surface area contributed by atoms with Crippen molar-refractivity contribution in [3.05, 3.63) is 47.2 Å². The monoisotopic (exact) mass is 391 g/mol. The summed E-state index contributed by atoms with van der Waals surface area (Å²) in [5.74, 6) is 1.61. The van der Waals surface area contributed by atoms with Crippen LogP contribution < -0.4 is 10.2 Å². The molecule has 4 heterocycles. The number of carbonyl (C=O) groups is 1. The number of hydrogen-bond donors (Lipinski definition) is 1. The summed E-state index contributed by atoms with van der Waals surface area (Å²) in [6.45, 7) is 6.70. The largest absolute Gasteiger partial charge is 0.351 e. The first kappa shape index (κ1) is 18.0. The third-order valence-electron chi connectivity index (χ3n) is 6.27. The van der Waals surface area contributed by atoms with E-state index in [0.29, 0.717) is 11.3 Å². The highest BCUT2D eigenvalue weighted by Crippen LogP contribution is 2.43. The van der Waals surface area contributed by atoms with Gasteiger partial charge in [0.2, 0.25) is 0 Å². The predicted octanol–water partition coefficient (Wildman–Crippen LogP) is 2.38. The van der Waals surface area contributed by atoms with Gasteiger partial charge in [0.25, 0.3) is 11.7 Å². The van der Waals surface area contributed by atoms with Crippen molar-refractivity contribution < 1.29 is 4.79 Å². The van der Waals surface area contributed by atoms with Crippen LogP contribution in [0.3, 0.4) is 0 Å². The minimum atomic E-state index is -0.216. The fraction of sp³-hybridized carbons (Fsp3) is 0.476. The third-order valence-corrected chi connectivity index (χ3v) is 6.27. The van der Waals surface area contributed by atoms with Gasteiger partial charge in [-0.05, 0) is 58.6 Å². The van der Waals surface area contributed by atoms with Crippen LogP contribution in [0.4, 0.5) is 5.82 Å². The zero-order valence-corrected chi connectivity index (χ0v) is 17.0. The summed E-state index contributed by atoms with van der Waals surface area (Å²) < 4.78 is 1.80. The van der Waals surface area contributed by atoms with E-state index in [9.17, 15) is 4.79 Å². The molecule has 3 aromatic heterocycles. The number of anilines is 1. The first-order valence-corrected chi connectivity index (χ1v) is 10.2. The molecule has 0 spiro atoms. The fourth-order valence-electron chi connectivity index (χ4n) is 5.14. The van der Waals surface area contributed by atoms with Gasteiger partial charge in [-0.3, -0.25) is 9.78 Å². The van der Waals surface area contributed by atoms with Crippen molar-refractivity contribution in [3.63, 3.8) is 0 Å². The fourth-order valence-corrected chi connectivity index (χ4v) is 5.14. The number of fused-ring (bicyclic) bond motifs is 2. The molecule has 2 atom stereocenters. The van der Waals surface area contributed by atoms with Crippen LogP contribution in [0.2, 0.25) is 0 Å². The number of amides is 1. The minimum Gasteiger partial charge on any atom is -0.351 e. The maximum absolute atomic E-state index is 13.1. The van der Waals surface area contributed by atoms with Gasteiger partial charge in [0.05, 0.1) is 11.6 Å². The van der Waals surface area contributed by atoms with E-state index in [1.807, 2.05) is 32.9 Å². The second-order valence-corrected chi connectivity index (χ2v) is 8.33. The number of carbonyl (C=O) groups excluding carboxylic acids is 1. The maximum atomic E-state index is 13.1. The first-order chi connectivity index (χ1) is 13.9. The van der Waals surface area contributed by atoms with E-state index in [1.165, 1.54) is 0 Å². The molecule has 0 bridgehead atoms. The van der Waals surface area contributed by atoms with Crippen molar-refractivity contribution in [3.8, 4) is 0 Å². The van der Waals surface area contributed by atoms with E-state index < -0.39 is 0 Å². The van der Waals surface area contributed by atoms with Gasteiger partial charge in [0.15, 0.2) is 0 Å². The molecule has 1 aliphatic carbocycles. The summed E-state index contributed by atoms with van der Waals surface area (Å²) in [5, 5.41) is 7.79. The average Bonchev–Trinajstić information content (AvgIpc) is 3.34. The molecule has 0 radical (unpaired) electrons. The van der Waals surface area contributed by atoms with Crippen LogP contribution in [0.15, 0.2) is 24.5 Å². The topological polar surface area (TPSA) is 88.3 Å². The van der Waals surface area contributed by atoms with Gasteiger partial charge in [0.1, 0.15) is 12.1 Å². The van der Waals surface area contributed by atoms with Crippen molar-refractivity contribution in [2.75, 3.05) is 11.4 Å². The van der Waals surface area contributed by atoms with Gasteiger partial charge in [-0.15, -0.1) is 0 Å². The molecule has 2 fully saturated rings. The van der Waals surface area contributed by atoms with Crippen LogP contribution in [-0.2, 0) is 0 Å². The predicted molar refractivity (Wildman–Crippen MR) is 109 cm³/mol. The summed E-state index contributed by atoms with van der Waals surface area (Å²) in [6, 6.07) is 6.03. The van der Waals surface area contributed by atoms with E-state index in [-0.39, 0.29) is 17.5 Å². The molecule has 150 valence electrons. The molecule has 2 aliphatic rings. The molecule has 1 aliphatic heterocycles. The SMILES string of the molecule is Cc1cc(C(=O)NC23CCCC2N(c2cc(C)nc4ncnn24)CC3)cc(C)n1. The summed E-state index contributed by atoms with van der Waals surface area (Å²) >= 11 is 0. The van der Waals surface area contributed by atoms with Gasteiger partial charge in [-0.25, -0.2) is 4.98 Å². The molecule has 29 heavy (non-hydrogen) atoms. The summed E-state index contributed by atoms with van der Waals surface area (Å²) in [5.41, 5.74) is 3.12.